The number of nitrogens with zero attached hydrogens (tertiary/aromatic N) is 1. The molecule has 0 spiro atoms. The van der Waals surface area contributed by atoms with Crippen LogP contribution in [0.3, 0.4) is 0 Å². The van der Waals surface area contributed by atoms with E-state index in [-0.39, 0.29) is 5.97 Å². The van der Waals surface area contributed by atoms with Gasteiger partial charge in [0.15, 0.2) is 0 Å². The van der Waals surface area contributed by atoms with Crippen molar-refractivity contribution in [2.75, 3.05) is 6.61 Å². The van der Waals surface area contributed by atoms with Gasteiger partial charge in [-0.2, -0.15) is 0 Å². The Kier molecular flexibility index (Phi) is 5.67. The van der Waals surface area contributed by atoms with Crippen LogP contribution in [-0.4, -0.2) is 17.6 Å². The summed E-state index contributed by atoms with van der Waals surface area (Å²) in [7, 11) is 0. The highest BCUT2D eigenvalue weighted by atomic mass is 32.2. The van der Waals surface area contributed by atoms with E-state index in [1.54, 1.807) is 11.8 Å². The number of aromatic nitrogens is 1. The number of hydrogen-bond donors (Lipinski definition) is 0. The van der Waals surface area contributed by atoms with Gasteiger partial charge in [0.1, 0.15) is 9.88 Å². The van der Waals surface area contributed by atoms with Gasteiger partial charge in [-0.3, -0.25) is 0 Å². The van der Waals surface area contributed by atoms with Gasteiger partial charge in [-0.1, -0.05) is 48.5 Å². The maximum Gasteiger partial charge on any atom is 0.350 e. The van der Waals surface area contributed by atoms with Crippen molar-refractivity contribution in [3.63, 3.8) is 0 Å². The Morgan fingerprint density at radius 3 is 2.42 bits per heavy atom. The molecule has 1 aromatic heterocycles. The number of rotatable bonds is 6. The molecule has 0 bridgehead atoms. The van der Waals surface area contributed by atoms with Crippen LogP contribution in [0.4, 0.5) is 0 Å². The highest BCUT2D eigenvalue weighted by Gasteiger charge is 2.20. The lowest BCUT2D eigenvalue weighted by Crippen LogP contribution is -2.05. The van der Waals surface area contributed by atoms with Crippen LogP contribution in [-0.2, 0) is 10.5 Å². The highest BCUT2D eigenvalue weighted by molar-refractivity contribution is 7.98. The van der Waals surface area contributed by atoms with Gasteiger partial charge in [0.05, 0.1) is 12.3 Å². The average molecular weight is 355 g/mol. The molecule has 0 N–H and O–H groups in total. The molecule has 24 heavy (non-hydrogen) atoms. The van der Waals surface area contributed by atoms with Crippen molar-refractivity contribution in [1.82, 2.24) is 4.98 Å². The first-order valence-electron chi connectivity index (χ1n) is 7.68. The molecule has 3 rings (SSSR count). The van der Waals surface area contributed by atoms with Crippen molar-refractivity contribution in [2.45, 2.75) is 17.6 Å². The zero-order valence-electron chi connectivity index (χ0n) is 13.3. The third kappa shape index (κ3) is 4.04. The largest absolute Gasteiger partial charge is 0.462 e. The minimum absolute atomic E-state index is 0.291. The van der Waals surface area contributed by atoms with Crippen LogP contribution in [0.1, 0.15) is 22.3 Å². The molecule has 0 aliphatic rings. The van der Waals surface area contributed by atoms with Crippen LogP contribution in [0.2, 0.25) is 0 Å². The van der Waals surface area contributed by atoms with Crippen molar-refractivity contribution in [1.29, 1.82) is 0 Å². The summed E-state index contributed by atoms with van der Waals surface area (Å²) in [6.07, 6.45) is 0. The monoisotopic (exact) mass is 355 g/mol. The summed E-state index contributed by atoms with van der Waals surface area (Å²) in [5.41, 5.74) is 1.80. The van der Waals surface area contributed by atoms with Crippen LogP contribution in [0.5, 0.6) is 0 Å². The molecule has 3 aromatic rings. The van der Waals surface area contributed by atoms with E-state index in [1.165, 1.54) is 11.3 Å². The molecule has 1 heterocycles. The van der Waals surface area contributed by atoms with Crippen LogP contribution < -0.4 is 0 Å². The number of thiazole rings is 1. The summed E-state index contributed by atoms with van der Waals surface area (Å²) in [5, 5.41) is 0.849. The topological polar surface area (TPSA) is 39.2 Å². The van der Waals surface area contributed by atoms with E-state index in [1.807, 2.05) is 55.5 Å². The van der Waals surface area contributed by atoms with Gasteiger partial charge in [0.25, 0.3) is 0 Å². The fraction of sp³-hybridized carbons (Fsp3) is 0.158. The molecular weight excluding hydrogens is 338 g/mol. The Bertz CT molecular complexity index is 801. The number of hydrogen-bond acceptors (Lipinski definition) is 5. The molecule has 0 aliphatic heterocycles. The van der Waals surface area contributed by atoms with E-state index in [2.05, 4.69) is 12.1 Å². The average Bonchev–Trinajstić information content (AvgIpc) is 3.06. The maximum atomic E-state index is 12.3. The minimum Gasteiger partial charge on any atom is -0.462 e. The van der Waals surface area contributed by atoms with Crippen LogP contribution in [0, 0.1) is 0 Å². The smallest absolute Gasteiger partial charge is 0.350 e. The Balaban J connectivity index is 1.87. The van der Waals surface area contributed by atoms with E-state index in [4.69, 9.17) is 9.72 Å². The zero-order valence-corrected chi connectivity index (χ0v) is 14.9. The van der Waals surface area contributed by atoms with E-state index < -0.39 is 0 Å². The Hall–Kier alpha value is -2.11. The SMILES string of the molecule is CCOC(=O)c1sc(-c2ccccc2)nc1CSc1ccccc1. The van der Waals surface area contributed by atoms with Crippen molar-refractivity contribution in [3.05, 3.63) is 71.2 Å². The zero-order chi connectivity index (χ0) is 16.8. The summed E-state index contributed by atoms with van der Waals surface area (Å²) >= 11 is 3.06. The molecule has 0 aliphatic carbocycles. The summed E-state index contributed by atoms with van der Waals surface area (Å²) in [6, 6.07) is 20.0. The first-order valence-corrected chi connectivity index (χ1v) is 9.48. The standard InChI is InChI=1S/C19H17NO2S2/c1-2-22-19(21)17-16(13-23-15-11-7-4-8-12-15)20-18(24-17)14-9-5-3-6-10-14/h3-12H,2,13H2,1H3. The number of thioether (sulfide) groups is 1. The number of carbonyl (C=O) groups is 1. The number of carbonyl (C=O) groups excluding carboxylic acids is 1. The van der Waals surface area contributed by atoms with Gasteiger partial charge in [-0.15, -0.1) is 23.1 Å². The van der Waals surface area contributed by atoms with Gasteiger partial charge >= 0.3 is 5.97 Å². The molecule has 0 radical (unpaired) electrons. The second-order valence-corrected chi connectivity index (χ2v) is 7.03. The summed E-state index contributed by atoms with van der Waals surface area (Å²) < 4.78 is 5.19. The first kappa shape index (κ1) is 16.7. The Labute approximate surface area is 149 Å². The number of benzene rings is 2. The first-order chi connectivity index (χ1) is 11.8. The van der Waals surface area contributed by atoms with E-state index in [0.29, 0.717) is 17.2 Å². The van der Waals surface area contributed by atoms with E-state index in [0.717, 1.165) is 21.2 Å². The molecule has 0 amide bonds. The second-order valence-electron chi connectivity index (χ2n) is 4.98. The lowest BCUT2D eigenvalue weighted by molar-refractivity contribution is 0.0531. The van der Waals surface area contributed by atoms with Crippen LogP contribution in [0.15, 0.2) is 65.6 Å². The fourth-order valence-corrected chi connectivity index (χ4v) is 4.11. The quantitative estimate of drug-likeness (QED) is 0.445. The molecule has 0 unspecified atom stereocenters. The van der Waals surface area contributed by atoms with Crippen LogP contribution >= 0.6 is 23.1 Å². The molecule has 0 atom stereocenters. The molecular formula is C19H17NO2S2. The molecule has 0 fully saturated rings. The molecule has 0 saturated carbocycles. The van der Waals surface area contributed by atoms with Crippen molar-refractivity contribution in [2.24, 2.45) is 0 Å². The fourth-order valence-electron chi connectivity index (χ4n) is 2.18. The van der Waals surface area contributed by atoms with Crippen molar-refractivity contribution < 1.29 is 9.53 Å². The molecule has 5 heteroatoms. The lowest BCUT2D eigenvalue weighted by atomic mass is 10.2. The summed E-state index contributed by atoms with van der Waals surface area (Å²) in [5.74, 6) is 0.349. The predicted octanol–water partition coefficient (Wildman–Crippen LogP) is 5.28. The third-order valence-electron chi connectivity index (χ3n) is 3.30. The normalized spacial score (nSPS) is 10.5. The molecule has 2 aromatic carbocycles. The summed E-state index contributed by atoms with van der Waals surface area (Å²) in [4.78, 5) is 18.7. The van der Waals surface area contributed by atoms with E-state index >= 15 is 0 Å². The number of esters is 1. The summed E-state index contributed by atoms with van der Waals surface area (Å²) in [6.45, 7) is 2.18. The molecule has 0 saturated heterocycles. The van der Waals surface area contributed by atoms with Crippen molar-refractivity contribution in [3.8, 4) is 10.6 Å². The highest BCUT2D eigenvalue weighted by Crippen LogP contribution is 2.32. The van der Waals surface area contributed by atoms with Crippen molar-refractivity contribution >= 4 is 29.1 Å². The molecule has 122 valence electrons. The number of ether oxygens (including phenoxy) is 1. The lowest BCUT2D eigenvalue weighted by Gasteiger charge is -2.02. The Morgan fingerprint density at radius 1 is 1.08 bits per heavy atom. The van der Waals surface area contributed by atoms with Gasteiger partial charge in [-0.05, 0) is 19.1 Å². The predicted molar refractivity (Wildman–Crippen MR) is 99.5 cm³/mol. The third-order valence-corrected chi connectivity index (χ3v) is 5.45. The second kappa shape index (κ2) is 8.13. The molecule has 3 nitrogen and oxygen atoms in total. The van der Waals surface area contributed by atoms with Gasteiger partial charge in [-0.25, -0.2) is 9.78 Å². The van der Waals surface area contributed by atoms with E-state index in [9.17, 15) is 4.79 Å². The van der Waals surface area contributed by atoms with Gasteiger partial charge in [0.2, 0.25) is 0 Å². The minimum atomic E-state index is -0.291. The van der Waals surface area contributed by atoms with Gasteiger partial charge < -0.3 is 4.74 Å². The maximum absolute atomic E-state index is 12.3. The van der Waals surface area contributed by atoms with Crippen LogP contribution in [0.25, 0.3) is 10.6 Å². The van der Waals surface area contributed by atoms with Gasteiger partial charge in [0, 0.05) is 16.2 Å². The Morgan fingerprint density at radius 2 is 1.75 bits per heavy atom.